The first kappa shape index (κ1) is 15.6. The molecule has 0 fully saturated rings. The fraction of sp³-hybridized carbons (Fsp3) is 0.100. The summed E-state index contributed by atoms with van der Waals surface area (Å²) in [5.74, 6) is 0. The second-order valence-corrected chi connectivity index (χ2v) is 6.84. The van der Waals surface area contributed by atoms with Gasteiger partial charge in [-0.05, 0) is 29.5 Å². The van der Waals surface area contributed by atoms with Crippen LogP contribution in [0.3, 0.4) is 0 Å². The molecule has 0 amide bonds. The maximum Gasteiger partial charge on any atom is 0.346 e. The molecule has 1 heterocycles. The molecule has 3 aromatic carbocycles. The van der Waals surface area contributed by atoms with Crippen LogP contribution >= 0.6 is 11.5 Å². The van der Waals surface area contributed by atoms with E-state index in [-0.39, 0.29) is 10.6 Å². The summed E-state index contributed by atoms with van der Waals surface area (Å²) >= 11 is 0.946. The van der Waals surface area contributed by atoms with Gasteiger partial charge in [-0.15, -0.1) is 0 Å². The molecule has 4 rings (SSSR count). The summed E-state index contributed by atoms with van der Waals surface area (Å²) in [6, 6.07) is 21.4. The highest BCUT2D eigenvalue weighted by Gasteiger charge is 2.14. The van der Waals surface area contributed by atoms with Gasteiger partial charge in [-0.2, -0.15) is 0 Å². The lowest BCUT2D eigenvalue weighted by Gasteiger charge is -2.06. The molecule has 0 bridgehead atoms. The average molecular weight is 348 g/mol. The maximum atomic E-state index is 12.9. The van der Waals surface area contributed by atoms with Crippen molar-refractivity contribution in [3.8, 4) is 5.69 Å². The summed E-state index contributed by atoms with van der Waals surface area (Å²) in [4.78, 5) is 25.1. The monoisotopic (exact) mass is 348 g/mol. The number of rotatable bonds is 3. The third-order valence-electron chi connectivity index (χ3n) is 4.37. The third-order valence-corrected chi connectivity index (χ3v) is 5.28. The van der Waals surface area contributed by atoms with E-state index in [2.05, 4.69) is 0 Å². The summed E-state index contributed by atoms with van der Waals surface area (Å²) < 4.78 is 2.79. The summed E-state index contributed by atoms with van der Waals surface area (Å²) in [6.07, 6.45) is 0. The molecule has 4 aromatic rings. The van der Waals surface area contributed by atoms with E-state index < -0.39 is 0 Å². The van der Waals surface area contributed by atoms with Gasteiger partial charge in [0.1, 0.15) is 0 Å². The average Bonchev–Trinajstić information content (AvgIpc) is 2.91. The molecule has 0 N–H and O–H groups in total. The fourth-order valence-electron chi connectivity index (χ4n) is 2.98. The Hall–Kier alpha value is -2.92. The van der Waals surface area contributed by atoms with Crippen molar-refractivity contribution >= 4 is 22.3 Å². The zero-order chi connectivity index (χ0) is 17.4. The standard InChI is InChI=1S/C20H16N2O2S/c1-14-7-2-3-9-16(14)13-21-19(23)22(25-20(21)24)18-12-6-10-15-8-4-5-11-17(15)18/h2-12H,13H2,1H3. The minimum absolute atomic E-state index is 0.249. The first-order valence-electron chi connectivity index (χ1n) is 8.01. The molecule has 1 aromatic heterocycles. The predicted molar refractivity (Wildman–Crippen MR) is 102 cm³/mol. The van der Waals surface area contributed by atoms with Crippen molar-refractivity contribution in [1.29, 1.82) is 0 Å². The number of hydrogen-bond donors (Lipinski definition) is 0. The first-order valence-corrected chi connectivity index (χ1v) is 8.78. The van der Waals surface area contributed by atoms with E-state index in [0.29, 0.717) is 6.54 Å². The highest BCUT2D eigenvalue weighted by molar-refractivity contribution is 7.04. The number of aryl methyl sites for hydroxylation is 1. The molecule has 0 aliphatic carbocycles. The Morgan fingerprint density at radius 3 is 2.44 bits per heavy atom. The number of aromatic nitrogens is 2. The lowest BCUT2D eigenvalue weighted by Crippen LogP contribution is -2.29. The Kier molecular flexibility index (Phi) is 3.86. The second kappa shape index (κ2) is 6.18. The van der Waals surface area contributed by atoms with Gasteiger partial charge in [0.15, 0.2) is 0 Å². The van der Waals surface area contributed by atoms with Crippen molar-refractivity contribution in [2.24, 2.45) is 0 Å². The summed E-state index contributed by atoms with van der Waals surface area (Å²) in [6.45, 7) is 2.27. The number of benzene rings is 3. The molecule has 0 aliphatic rings. The van der Waals surface area contributed by atoms with E-state index in [1.54, 1.807) is 0 Å². The zero-order valence-corrected chi connectivity index (χ0v) is 14.5. The van der Waals surface area contributed by atoms with Gasteiger partial charge in [-0.25, -0.2) is 13.3 Å². The van der Waals surface area contributed by atoms with Crippen molar-refractivity contribution in [3.63, 3.8) is 0 Å². The van der Waals surface area contributed by atoms with Crippen molar-refractivity contribution < 1.29 is 0 Å². The molecule has 0 aliphatic heterocycles. The molecule has 0 atom stereocenters. The van der Waals surface area contributed by atoms with E-state index in [1.807, 2.05) is 73.7 Å². The van der Waals surface area contributed by atoms with Crippen LogP contribution in [0.15, 0.2) is 76.3 Å². The molecule has 0 spiro atoms. The maximum absolute atomic E-state index is 12.9. The van der Waals surface area contributed by atoms with Crippen molar-refractivity contribution in [1.82, 2.24) is 8.52 Å². The van der Waals surface area contributed by atoms with Crippen LogP contribution in [0.2, 0.25) is 0 Å². The van der Waals surface area contributed by atoms with Crippen LogP contribution in [-0.2, 0) is 6.54 Å². The molecule has 0 radical (unpaired) electrons. The largest absolute Gasteiger partial charge is 0.346 e. The van der Waals surface area contributed by atoms with Crippen molar-refractivity contribution in [3.05, 3.63) is 98.0 Å². The zero-order valence-electron chi connectivity index (χ0n) is 13.7. The Morgan fingerprint density at radius 1 is 0.880 bits per heavy atom. The van der Waals surface area contributed by atoms with Gasteiger partial charge in [0.05, 0.1) is 12.2 Å². The van der Waals surface area contributed by atoms with Gasteiger partial charge < -0.3 is 0 Å². The highest BCUT2D eigenvalue weighted by atomic mass is 32.1. The van der Waals surface area contributed by atoms with Gasteiger partial charge in [0.25, 0.3) is 0 Å². The van der Waals surface area contributed by atoms with E-state index in [0.717, 1.165) is 39.1 Å². The Morgan fingerprint density at radius 2 is 1.60 bits per heavy atom. The first-order chi connectivity index (χ1) is 12.1. The molecule has 25 heavy (non-hydrogen) atoms. The van der Waals surface area contributed by atoms with E-state index in [4.69, 9.17) is 0 Å². The van der Waals surface area contributed by atoms with Crippen LogP contribution in [0.1, 0.15) is 11.1 Å². The lowest BCUT2D eigenvalue weighted by molar-refractivity contribution is 0.720. The molecule has 4 nitrogen and oxygen atoms in total. The Balaban J connectivity index is 1.87. The molecular formula is C20H16N2O2S. The van der Waals surface area contributed by atoms with Crippen LogP contribution in [-0.4, -0.2) is 8.52 Å². The smallest absolute Gasteiger partial charge is 0.255 e. The minimum atomic E-state index is -0.297. The lowest BCUT2D eigenvalue weighted by atomic mass is 10.1. The Bertz CT molecular complexity index is 1180. The molecule has 124 valence electrons. The van der Waals surface area contributed by atoms with Crippen molar-refractivity contribution in [2.75, 3.05) is 0 Å². The van der Waals surface area contributed by atoms with Gasteiger partial charge in [-0.1, -0.05) is 60.7 Å². The quantitative estimate of drug-likeness (QED) is 0.568. The molecule has 0 saturated carbocycles. The summed E-state index contributed by atoms with van der Waals surface area (Å²) in [7, 11) is 0. The summed E-state index contributed by atoms with van der Waals surface area (Å²) in [5.41, 5.74) is 2.49. The van der Waals surface area contributed by atoms with Crippen LogP contribution in [0, 0.1) is 6.92 Å². The fourth-order valence-corrected chi connectivity index (χ4v) is 3.81. The molecule has 0 unspecified atom stereocenters. The summed E-state index contributed by atoms with van der Waals surface area (Å²) in [5, 5.41) is 1.99. The SMILES string of the molecule is Cc1ccccc1Cn1c(=O)sn(-c2cccc3ccccc23)c1=O. The van der Waals surface area contributed by atoms with Crippen LogP contribution in [0.5, 0.6) is 0 Å². The molecule has 0 saturated heterocycles. The van der Waals surface area contributed by atoms with E-state index in [1.165, 1.54) is 8.52 Å². The van der Waals surface area contributed by atoms with Gasteiger partial charge >= 0.3 is 10.6 Å². The van der Waals surface area contributed by atoms with E-state index >= 15 is 0 Å². The molecule has 5 heteroatoms. The topological polar surface area (TPSA) is 44.0 Å². The molecular weight excluding hydrogens is 332 g/mol. The normalized spacial score (nSPS) is 11.1. The van der Waals surface area contributed by atoms with Gasteiger partial charge in [0.2, 0.25) is 0 Å². The van der Waals surface area contributed by atoms with Crippen LogP contribution in [0.4, 0.5) is 0 Å². The number of hydrogen-bond acceptors (Lipinski definition) is 3. The third kappa shape index (κ3) is 2.72. The number of nitrogens with zero attached hydrogens (tertiary/aromatic N) is 2. The van der Waals surface area contributed by atoms with E-state index in [9.17, 15) is 9.59 Å². The number of fused-ring (bicyclic) bond motifs is 1. The van der Waals surface area contributed by atoms with Crippen LogP contribution < -0.4 is 10.6 Å². The van der Waals surface area contributed by atoms with Crippen LogP contribution in [0.25, 0.3) is 16.5 Å². The Labute approximate surface area is 148 Å². The second-order valence-electron chi connectivity index (χ2n) is 5.95. The van der Waals surface area contributed by atoms with Gasteiger partial charge in [0, 0.05) is 16.9 Å². The van der Waals surface area contributed by atoms with Crippen molar-refractivity contribution in [2.45, 2.75) is 13.5 Å². The van der Waals surface area contributed by atoms with Gasteiger partial charge in [-0.3, -0.25) is 4.79 Å². The highest BCUT2D eigenvalue weighted by Crippen LogP contribution is 2.21. The minimum Gasteiger partial charge on any atom is -0.255 e. The predicted octanol–water partition coefficient (Wildman–Crippen LogP) is 3.57.